The molecule has 1 aromatic carbocycles. The molecule has 0 spiro atoms. The normalized spacial score (nSPS) is 10.1. The van der Waals surface area contributed by atoms with E-state index in [1.54, 1.807) is 13.0 Å². The van der Waals surface area contributed by atoms with E-state index >= 15 is 0 Å². The second-order valence-corrected chi connectivity index (χ2v) is 4.34. The van der Waals surface area contributed by atoms with Crippen molar-refractivity contribution in [2.45, 2.75) is 6.92 Å². The van der Waals surface area contributed by atoms with Crippen LogP contribution in [0.2, 0.25) is 0 Å². The van der Waals surface area contributed by atoms with Gasteiger partial charge in [-0.3, -0.25) is 0 Å². The summed E-state index contributed by atoms with van der Waals surface area (Å²) in [6.07, 6.45) is 1.23. The number of rotatable bonds is 3. The lowest BCUT2D eigenvalue weighted by Gasteiger charge is -2.06. The van der Waals surface area contributed by atoms with Gasteiger partial charge in [-0.1, -0.05) is 12.1 Å². The lowest BCUT2D eigenvalue weighted by molar-refractivity contribution is 0.0695. The highest BCUT2D eigenvalue weighted by atomic mass is 79.9. The van der Waals surface area contributed by atoms with E-state index in [1.807, 2.05) is 18.2 Å². The maximum atomic E-state index is 10.8. The molecule has 0 aliphatic carbocycles. The zero-order valence-corrected chi connectivity index (χ0v) is 11.0. The predicted molar refractivity (Wildman–Crippen MR) is 67.9 cm³/mol. The average molecular weight is 309 g/mol. The molecule has 92 valence electrons. The van der Waals surface area contributed by atoms with Gasteiger partial charge in [0.1, 0.15) is 5.75 Å². The second-order valence-electron chi connectivity index (χ2n) is 3.49. The zero-order chi connectivity index (χ0) is 13.1. The molecule has 0 atom stereocenters. The van der Waals surface area contributed by atoms with Gasteiger partial charge in [-0.2, -0.15) is 4.98 Å². The van der Waals surface area contributed by atoms with Crippen LogP contribution in [-0.4, -0.2) is 21.0 Å². The molecule has 0 aliphatic rings. The number of carboxylic acid groups (broad SMARTS) is 1. The topological polar surface area (TPSA) is 72.3 Å². The number of para-hydroxylation sites is 1. The Labute approximate surface area is 112 Å². The molecule has 0 saturated heterocycles. The number of aryl methyl sites for hydroxylation is 1. The molecule has 2 rings (SSSR count). The second kappa shape index (κ2) is 5.14. The third kappa shape index (κ3) is 2.65. The van der Waals surface area contributed by atoms with Crippen molar-refractivity contribution in [1.82, 2.24) is 9.97 Å². The molecular formula is C12H9BrN2O3. The molecule has 0 unspecified atom stereocenters. The predicted octanol–water partition coefficient (Wildman–Crippen LogP) is 3.04. The lowest BCUT2D eigenvalue weighted by Crippen LogP contribution is -2.04. The molecule has 1 heterocycles. The highest BCUT2D eigenvalue weighted by Crippen LogP contribution is 2.27. The average Bonchev–Trinajstić information content (AvgIpc) is 2.32. The highest BCUT2D eigenvalue weighted by Gasteiger charge is 2.11. The van der Waals surface area contributed by atoms with E-state index in [4.69, 9.17) is 9.84 Å². The van der Waals surface area contributed by atoms with Gasteiger partial charge < -0.3 is 9.84 Å². The molecule has 1 aromatic heterocycles. The Morgan fingerprint density at radius 2 is 2.11 bits per heavy atom. The third-order valence-electron chi connectivity index (χ3n) is 2.23. The van der Waals surface area contributed by atoms with Crippen molar-refractivity contribution in [2.75, 3.05) is 0 Å². The Bertz CT molecular complexity index is 602. The van der Waals surface area contributed by atoms with Crippen LogP contribution < -0.4 is 4.74 Å². The number of ether oxygens (including phenoxy) is 1. The van der Waals surface area contributed by atoms with Crippen LogP contribution in [0.1, 0.15) is 16.1 Å². The number of hydrogen-bond acceptors (Lipinski definition) is 4. The number of carboxylic acids is 1. The van der Waals surface area contributed by atoms with E-state index in [0.29, 0.717) is 11.4 Å². The lowest BCUT2D eigenvalue weighted by atomic mass is 10.2. The molecule has 0 amide bonds. The molecule has 0 fully saturated rings. The van der Waals surface area contributed by atoms with E-state index < -0.39 is 5.97 Å². The Hall–Kier alpha value is -1.95. The third-order valence-corrected chi connectivity index (χ3v) is 2.88. The molecule has 1 N–H and O–H groups in total. The van der Waals surface area contributed by atoms with Gasteiger partial charge in [0.2, 0.25) is 0 Å². The summed E-state index contributed by atoms with van der Waals surface area (Å²) in [5, 5.41) is 8.86. The number of benzene rings is 1. The summed E-state index contributed by atoms with van der Waals surface area (Å²) < 4.78 is 6.23. The van der Waals surface area contributed by atoms with Crippen molar-refractivity contribution < 1.29 is 14.6 Å². The molecule has 0 saturated carbocycles. The summed E-state index contributed by atoms with van der Waals surface area (Å²) in [6.45, 7) is 1.60. The molecule has 2 aromatic rings. The first-order chi connectivity index (χ1) is 8.58. The molecule has 0 radical (unpaired) electrons. The fourth-order valence-electron chi connectivity index (χ4n) is 1.33. The maximum Gasteiger partial charge on any atom is 0.339 e. The molecule has 18 heavy (non-hydrogen) atoms. The van der Waals surface area contributed by atoms with Crippen LogP contribution in [0.5, 0.6) is 11.8 Å². The summed E-state index contributed by atoms with van der Waals surface area (Å²) in [7, 11) is 0. The van der Waals surface area contributed by atoms with Crippen molar-refractivity contribution in [2.24, 2.45) is 0 Å². The summed E-state index contributed by atoms with van der Waals surface area (Å²) in [5.74, 6) is -0.486. The first-order valence-corrected chi connectivity index (χ1v) is 5.86. The zero-order valence-electron chi connectivity index (χ0n) is 9.42. The van der Waals surface area contributed by atoms with Gasteiger partial charge in [0, 0.05) is 6.20 Å². The number of carbonyl (C=O) groups is 1. The fraction of sp³-hybridized carbons (Fsp3) is 0.0833. The Balaban J connectivity index is 2.29. The van der Waals surface area contributed by atoms with E-state index in [2.05, 4.69) is 25.9 Å². The minimum absolute atomic E-state index is 0.0643. The van der Waals surface area contributed by atoms with Gasteiger partial charge >= 0.3 is 12.0 Å². The van der Waals surface area contributed by atoms with Gasteiger partial charge in [0.15, 0.2) is 0 Å². The van der Waals surface area contributed by atoms with Crippen molar-refractivity contribution in [3.8, 4) is 11.8 Å². The molecule has 0 bridgehead atoms. The van der Waals surface area contributed by atoms with Crippen LogP contribution in [0.15, 0.2) is 34.9 Å². The van der Waals surface area contributed by atoms with Crippen LogP contribution in [-0.2, 0) is 0 Å². The maximum absolute atomic E-state index is 10.8. The smallest absolute Gasteiger partial charge is 0.339 e. The van der Waals surface area contributed by atoms with Gasteiger partial charge in [0.25, 0.3) is 0 Å². The summed E-state index contributed by atoms with van der Waals surface area (Å²) in [4.78, 5) is 18.7. The van der Waals surface area contributed by atoms with Gasteiger partial charge in [0.05, 0.1) is 15.7 Å². The minimum atomic E-state index is -1.06. The molecular weight excluding hydrogens is 300 g/mol. The van der Waals surface area contributed by atoms with Crippen LogP contribution in [0, 0.1) is 6.92 Å². The molecule has 0 aliphatic heterocycles. The van der Waals surface area contributed by atoms with Crippen molar-refractivity contribution in [3.63, 3.8) is 0 Å². The van der Waals surface area contributed by atoms with Gasteiger partial charge in [-0.25, -0.2) is 9.78 Å². The van der Waals surface area contributed by atoms with Crippen molar-refractivity contribution in [1.29, 1.82) is 0 Å². The van der Waals surface area contributed by atoms with Gasteiger partial charge in [-0.05, 0) is 35.0 Å². The van der Waals surface area contributed by atoms with E-state index in [1.165, 1.54) is 6.20 Å². The number of nitrogens with zero attached hydrogens (tertiary/aromatic N) is 2. The van der Waals surface area contributed by atoms with Crippen molar-refractivity contribution >= 4 is 21.9 Å². The number of aromatic carboxylic acids is 1. The molecule has 5 nitrogen and oxygen atoms in total. The Kier molecular flexibility index (Phi) is 3.57. The van der Waals surface area contributed by atoms with Crippen LogP contribution >= 0.6 is 15.9 Å². The van der Waals surface area contributed by atoms with E-state index in [9.17, 15) is 4.79 Å². The SMILES string of the molecule is Cc1nc(Oc2ccccc2Br)ncc1C(=O)O. The Morgan fingerprint density at radius 1 is 1.39 bits per heavy atom. The molecule has 6 heteroatoms. The first kappa shape index (κ1) is 12.5. The first-order valence-electron chi connectivity index (χ1n) is 5.07. The van der Waals surface area contributed by atoms with Gasteiger partial charge in [-0.15, -0.1) is 0 Å². The number of aromatic nitrogens is 2. The largest absolute Gasteiger partial charge is 0.478 e. The number of hydrogen-bond donors (Lipinski definition) is 1. The fourth-order valence-corrected chi connectivity index (χ4v) is 1.70. The van der Waals surface area contributed by atoms with E-state index in [-0.39, 0.29) is 11.6 Å². The summed E-state index contributed by atoms with van der Waals surface area (Å²) in [5.41, 5.74) is 0.425. The van der Waals surface area contributed by atoms with E-state index in [0.717, 1.165) is 4.47 Å². The summed E-state index contributed by atoms with van der Waals surface area (Å²) >= 11 is 3.34. The highest BCUT2D eigenvalue weighted by molar-refractivity contribution is 9.10. The van der Waals surface area contributed by atoms with Crippen LogP contribution in [0.4, 0.5) is 0 Å². The van der Waals surface area contributed by atoms with Crippen LogP contribution in [0.25, 0.3) is 0 Å². The Morgan fingerprint density at radius 3 is 2.72 bits per heavy atom. The quantitative estimate of drug-likeness (QED) is 0.943. The minimum Gasteiger partial charge on any atom is -0.478 e. The van der Waals surface area contributed by atoms with Crippen molar-refractivity contribution in [3.05, 3.63) is 46.2 Å². The number of halogens is 1. The summed E-state index contributed by atoms with van der Waals surface area (Å²) in [6, 6.07) is 7.38. The standard InChI is InChI=1S/C12H9BrN2O3/c1-7-8(11(16)17)6-14-12(15-7)18-10-5-3-2-4-9(10)13/h2-6H,1H3,(H,16,17). The monoisotopic (exact) mass is 308 g/mol. The van der Waals surface area contributed by atoms with Crippen LogP contribution in [0.3, 0.4) is 0 Å².